The minimum absolute atomic E-state index is 0.813. The third kappa shape index (κ3) is 3.28. The zero-order valence-electron chi connectivity index (χ0n) is 12.1. The van der Waals surface area contributed by atoms with Crippen LogP contribution < -0.4 is 10.1 Å². The Labute approximate surface area is 115 Å². The Morgan fingerprint density at radius 2 is 1.63 bits per heavy atom. The fraction of sp³-hybridized carbons (Fsp3) is 0.294. The zero-order chi connectivity index (χ0) is 13.8. The van der Waals surface area contributed by atoms with Crippen molar-refractivity contribution in [3.05, 3.63) is 58.7 Å². The number of aryl methyl sites for hydroxylation is 3. The van der Waals surface area contributed by atoms with E-state index in [1.54, 1.807) is 7.11 Å². The average molecular weight is 255 g/mol. The molecule has 2 heteroatoms. The first kappa shape index (κ1) is 13.5. The molecule has 0 saturated carbocycles. The van der Waals surface area contributed by atoms with Gasteiger partial charge in [0.1, 0.15) is 5.75 Å². The van der Waals surface area contributed by atoms with Crippen LogP contribution in [-0.4, -0.2) is 7.11 Å². The van der Waals surface area contributed by atoms with E-state index in [-0.39, 0.29) is 0 Å². The first-order valence-electron chi connectivity index (χ1n) is 6.55. The summed E-state index contributed by atoms with van der Waals surface area (Å²) in [6.07, 6.45) is 0. The number of methoxy groups -OCH3 is 1. The lowest BCUT2D eigenvalue weighted by molar-refractivity contribution is 0.416. The van der Waals surface area contributed by atoms with Crippen LogP contribution in [0.1, 0.15) is 22.3 Å². The van der Waals surface area contributed by atoms with Gasteiger partial charge < -0.3 is 10.1 Å². The average Bonchev–Trinajstić information content (AvgIpc) is 2.40. The van der Waals surface area contributed by atoms with Crippen molar-refractivity contribution in [1.82, 2.24) is 0 Å². The van der Waals surface area contributed by atoms with Crippen LogP contribution in [0.15, 0.2) is 36.4 Å². The molecule has 0 heterocycles. The van der Waals surface area contributed by atoms with Crippen molar-refractivity contribution in [1.29, 1.82) is 0 Å². The van der Waals surface area contributed by atoms with Gasteiger partial charge >= 0.3 is 0 Å². The molecular formula is C17H21NO. The van der Waals surface area contributed by atoms with E-state index in [4.69, 9.17) is 4.74 Å². The summed E-state index contributed by atoms with van der Waals surface area (Å²) in [7, 11) is 1.70. The molecule has 100 valence electrons. The lowest BCUT2D eigenvalue weighted by Crippen LogP contribution is -2.03. The van der Waals surface area contributed by atoms with Gasteiger partial charge in [0.2, 0.25) is 0 Å². The Balaban J connectivity index is 2.18. The van der Waals surface area contributed by atoms with Crippen LogP contribution in [0.2, 0.25) is 0 Å². The molecule has 2 nitrogen and oxygen atoms in total. The number of benzene rings is 2. The SMILES string of the molecule is COc1ccc(C)cc1NCc1cc(C)ccc1C. The molecule has 0 aliphatic carbocycles. The van der Waals surface area contributed by atoms with Crippen LogP contribution in [0.25, 0.3) is 0 Å². The molecule has 2 aromatic carbocycles. The number of rotatable bonds is 4. The van der Waals surface area contributed by atoms with Gasteiger partial charge in [-0.1, -0.05) is 29.8 Å². The van der Waals surface area contributed by atoms with E-state index in [9.17, 15) is 0 Å². The summed E-state index contributed by atoms with van der Waals surface area (Å²) in [5.74, 6) is 0.885. The lowest BCUT2D eigenvalue weighted by atomic mass is 10.1. The number of anilines is 1. The topological polar surface area (TPSA) is 21.3 Å². The van der Waals surface area contributed by atoms with Gasteiger partial charge in [-0.3, -0.25) is 0 Å². The normalized spacial score (nSPS) is 10.3. The fourth-order valence-electron chi connectivity index (χ4n) is 2.14. The summed E-state index contributed by atoms with van der Waals surface area (Å²) < 4.78 is 5.38. The summed E-state index contributed by atoms with van der Waals surface area (Å²) in [6.45, 7) is 7.16. The highest BCUT2D eigenvalue weighted by molar-refractivity contribution is 5.58. The highest BCUT2D eigenvalue weighted by Crippen LogP contribution is 2.26. The molecule has 19 heavy (non-hydrogen) atoms. The molecule has 0 atom stereocenters. The zero-order valence-corrected chi connectivity index (χ0v) is 12.1. The summed E-state index contributed by atoms with van der Waals surface area (Å²) in [5, 5.41) is 3.46. The lowest BCUT2D eigenvalue weighted by Gasteiger charge is -2.13. The van der Waals surface area contributed by atoms with Crippen molar-refractivity contribution < 1.29 is 4.74 Å². The van der Waals surface area contributed by atoms with Crippen LogP contribution in [0, 0.1) is 20.8 Å². The predicted molar refractivity (Wildman–Crippen MR) is 81.0 cm³/mol. The van der Waals surface area contributed by atoms with E-state index in [1.807, 2.05) is 6.07 Å². The smallest absolute Gasteiger partial charge is 0.141 e. The Hall–Kier alpha value is -1.96. The number of nitrogens with one attached hydrogen (secondary N) is 1. The van der Waals surface area contributed by atoms with E-state index in [1.165, 1.54) is 22.3 Å². The van der Waals surface area contributed by atoms with Crippen LogP contribution in [0.5, 0.6) is 5.75 Å². The van der Waals surface area contributed by atoms with E-state index in [0.717, 1.165) is 18.0 Å². The summed E-state index contributed by atoms with van der Waals surface area (Å²) in [6, 6.07) is 12.7. The monoisotopic (exact) mass is 255 g/mol. The molecular weight excluding hydrogens is 234 g/mol. The first-order chi connectivity index (χ1) is 9.10. The third-order valence-electron chi connectivity index (χ3n) is 3.33. The van der Waals surface area contributed by atoms with E-state index in [2.05, 4.69) is 56.4 Å². The molecule has 0 radical (unpaired) electrons. The Bertz CT molecular complexity index is 575. The Morgan fingerprint density at radius 1 is 0.947 bits per heavy atom. The maximum atomic E-state index is 5.38. The first-order valence-corrected chi connectivity index (χ1v) is 6.55. The molecule has 0 aliphatic rings. The van der Waals surface area contributed by atoms with Crippen molar-refractivity contribution in [3.8, 4) is 5.75 Å². The summed E-state index contributed by atoms with van der Waals surface area (Å²) >= 11 is 0. The molecule has 0 amide bonds. The van der Waals surface area contributed by atoms with Crippen molar-refractivity contribution in [2.75, 3.05) is 12.4 Å². The van der Waals surface area contributed by atoms with E-state index < -0.39 is 0 Å². The Morgan fingerprint density at radius 3 is 2.37 bits per heavy atom. The van der Waals surface area contributed by atoms with Gasteiger partial charge in [-0.15, -0.1) is 0 Å². The van der Waals surface area contributed by atoms with Crippen LogP contribution in [-0.2, 0) is 6.54 Å². The maximum Gasteiger partial charge on any atom is 0.141 e. The molecule has 2 aromatic rings. The standard InChI is InChI=1S/C17H21NO/c1-12-5-7-14(3)15(9-12)11-18-16-10-13(2)6-8-17(16)19-4/h5-10,18H,11H2,1-4H3. The van der Waals surface area contributed by atoms with E-state index in [0.29, 0.717) is 0 Å². The quantitative estimate of drug-likeness (QED) is 0.882. The molecule has 0 aromatic heterocycles. The second kappa shape index (κ2) is 5.79. The number of ether oxygens (including phenoxy) is 1. The van der Waals surface area contributed by atoms with E-state index >= 15 is 0 Å². The van der Waals surface area contributed by atoms with Gasteiger partial charge in [-0.05, 0) is 49.6 Å². The summed E-state index contributed by atoms with van der Waals surface area (Å²) in [4.78, 5) is 0. The molecule has 0 bridgehead atoms. The van der Waals surface area contributed by atoms with Gasteiger partial charge in [0.15, 0.2) is 0 Å². The third-order valence-corrected chi connectivity index (χ3v) is 3.33. The highest BCUT2D eigenvalue weighted by Gasteiger charge is 2.04. The largest absolute Gasteiger partial charge is 0.495 e. The second-order valence-electron chi connectivity index (χ2n) is 4.99. The van der Waals surface area contributed by atoms with Gasteiger partial charge in [0.25, 0.3) is 0 Å². The predicted octanol–water partition coefficient (Wildman–Crippen LogP) is 4.23. The summed E-state index contributed by atoms with van der Waals surface area (Å²) in [5.41, 5.74) is 6.19. The van der Waals surface area contributed by atoms with Crippen molar-refractivity contribution >= 4 is 5.69 Å². The van der Waals surface area contributed by atoms with Gasteiger partial charge in [-0.25, -0.2) is 0 Å². The molecule has 0 saturated heterocycles. The number of hydrogen-bond donors (Lipinski definition) is 1. The molecule has 2 rings (SSSR count). The highest BCUT2D eigenvalue weighted by atomic mass is 16.5. The van der Waals surface area contributed by atoms with Crippen molar-refractivity contribution in [3.63, 3.8) is 0 Å². The minimum Gasteiger partial charge on any atom is -0.495 e. The molecule has 0 fully saturated rings. The van der Waals surface area contributed by atoms with Gasteiger partial charge in [0, 0.05) is 6.54 Å². The molecule has 0 aliphatic heterocycles. The minimum atomic E-state index is 0.813. The molecule has 0 spiro atoms. The second-order valence-corrected chi connectivity index (χ2v) is 4.99. The molecule has 1 N–H and O–H groups in total. The van der Waals surface area contributed by atoms with Crippen LogP contribution in [0.3, 0.4) is 0 Å². The fourth-order valence-corrected chi connectivity index (χ4v) is 2.14. The maximum absolute atomic E-state index is 5.38. The van der Waals surface area contributed by atoms with Gasteiger partial charge in [0.05, 0.1) is 12.8 Å². The Kier molecular flexibility index (Phi) is 4.10. The van der Waals surface area contributed by atoms with Crippen molar-refractivity contribution in [2.45, 2.75) is 27.3 Å². The van der Waals surface area contributed by atoms with Crippen LogP contribution in [0.4, 0.5) is 5.69 Å². The van der Waals surface area contributed by atoms with Crippen LogP contribution >= 0.6 is 0 Å². The van der Waals surface area contributed by atoms with Crippen molar-refractivity contribution in [2.24, 2.45) is 0 Å². The number of hydrogen-bond acceptors (Lipinski definition) is 2. The molecule has 0 unspecified atom stereocenters. The van der Waals surface area contributed by atoms with Gasteiger partial charge in [-0.2, -0.15) is 0 Å².